The molecule has 0 spiro atoms. The minimum Gasteiger partial charge on any atom is -0.396 e. The van der Waals surface area contributed by atoms with Crippen LogP contribution >= 0.6 is 0 Å². The zero-order chi connectivity index (χ0) is 12.7. The largest absolute Gasteiger partial charge is 0.396 e. The summed E-state index contributed by atoms with van der Waals surface area (Å²) < 4.78 is 0. The summed E-state index contributed by atoms with van der Waals surface area (Å²) >= 11 is 0. The van der Waals surface area contributed by atoms with Crippen LogP contribution in [0.25, 0.3) is 0 Å². The van der Waals surface area contributed by atoms with E-state index in [0.29, 0.717) is 6.54 Å². The van der Waals surface area contributed by atoms with Gasteiger partial charge in [-0.25, -0.2) is 0 Å². The number of aliphatic hydroxyl groups excluding tert-OH is 1. The molecule has 0 saturated heterocycles. The molecule has 1 atom stereocenters. The molecule has 0 aromatic rings. The summed E-state index contributed by atoms with van der Waals surface area (Å²) in [7, 11) is 0. The lowest BCUT2D eigenvalue weighted by molar-refractivity contribution is -0.120. The summed E-state index contributed by atoms with van der Waals surface area (Å²) in [5, 5.41) is 15.5. The first-order chi connectivity index (χ1) is 8.12. The molecule has 1 rings (SSSR count). The van der Waals surface area contributed by atoms with Gasteiger partial charge in [0.15, 0.2) is 0 Å². The van der Waals surface area contributed by atoms with E-state index in [-0.39, 0.29) is 24.0 Å². The van der Waals surface area contributed by atoms with E-state index in [1.165, 1.54) is 12.8 Å². The van der Waals surface area contributed by atoms with Crippen molar-refractivity contribution in [3.63, 3.8) is 0 Å². The molecule has 1 aliphatic carbocycles. The molecule has 0 aromatic heterocycles. The summed E-state index contributed by atoms with van der Waals surface area (Å²) in [5.41, 5.74) is 0.0245. The Kier molecular flexibility index (Phi) is 5.92. The van der Waals surface area contributed by atoms with E-state index in [9.17, 15) is 9.90 Å². The minimum absolute atomic E-state index is 0.0245. The van der Waals surface area contributed by atoms with Crippen LogP contribution in [0, 0.1) is 5.41 Å². The lowest BCUT2D eigenvalue weighted by atomic mass is 9.87. The van der Waals surface area contributed by atoms with Gasteiger partial charge in [0.2, 0.25) is 5.91 Å². The fourth-order valence-corrected chi connectivity index (χ4v) is 2.38. The molecule has 17 heavy (non-hydrogen) atoms. The van der Waals surface area contributed by atoms with Crippen LogP contribution in [0.3, 0.4) is 0 Å². The van der Waals surface area contributed by atoms with Crippen LogP contribution < -0.4 is 10.6 Å². The smallest absolute Gasteiger partial charge is 0.234 e. The quantitative estimate of drug-likeness (QED) is 0.625. The highest BCUT2D eigenvalue weighted by Gasteiger charge is 2.32. The van der Waals surface area contributed by atoms with Gasteiger partial charge < -0.3 is 15.7 Å². The third-order valence-electron chi connectivity index (χ3n) is 3.80. The van der Waals surface area contributed by atoms with Gasteiger partial charge in [0.05, 0.1) is 6.54 Å². The maximum atomic E-state index is 11.5. The number of hydrogen-bond donors (Lipinski definition) is 3. The zero-order valence-electron chi connectivity index (χ0n) is 11.1. The number of carbonyl (C=O) groups excluding carboxylic acids is 1. The molecule has 100 valence electrons. The van der Waals surface area contributed by atoms with E-state index >= 15 is 0 Å². The number of nitrogens with one attached hydrogen (secondary N) is 2. The Bertz CT molecular complexity index is 238. The Labute approximate surface area is 104 Å². The van der Waals surface area contributed by atoms with Crippen molar-refractivity contribution < 1.29 is 9.90 Å². The Balaban J connectivity index is 2.20. The summed E-state index contributed by atoms with van der Waals surface area (Å²) in [5.74, 6) is 0.0467. The second-order valence-corrected chi connectivity index (χ2v) is 5.35. The molecule has 0 aliphatic heterocycles. The van der Waals surface area contributed by atoms with Crippen LogP contribution in [-0.2, 0) is 4.79 Å². The first-order valence-corrected chi connectivity index (χ1v) is 6.73. The highest BCUT2D eigenvalue weighted by atomic mass is 16.3. The molecule has 0 bridgehead atoms. The third kappa shape index (κ3) is 4.64. The summed E-state index contributed by atoms with van der Waals surface area (Å²) in [6.07, 6.45) is 5.49. The molecule has 0 radical (unpaired) electrons. The van der Waals surface area contributed by atoms with Crippen molar-refractivity contribution in [2.75, 3.05) is 19.7 Å². The van der Waals surface area contributed by atoms with Crippen molar-refractivity contribution >= 4 is 5.91 Å². The summed E-state index contributed by atoms with van der Waals surface area (Å²) in [4.78, 5) is 11.5. The van der Waals surface area contributed by atoms with E-state index in [2.05, 4.69) is 17.6 Å². The van der Waals surface area contributed by atoms with Crippen molar-refractivity contribution in [2.24, 2.45) is 5.41 Å². The molecule has 3 N–H and O–H groups in total. The van der Waals surface area contributed by atoms with Gasteiger partial charge in [0.1, 0.15) is 0 Å². The Morgan fingerprint density at radius 3 is 2.59 bits per heavy atom. The van der Waals surface area contributed by atoms with Crippen molar-refractivity contribution in [2.45, 2.75) is 52.0 Å². The van der Waals surface area contributed by atoms with E-state index < -0.39 is 0 Å². The van der Waals surface area contributed by atoms with Gasteiger partial charge in [-0.05, 0) is 26.2 Å². The third-order valence-corrected chi connectivity index (χ3v) is 3.80. The van der Waals surface area contributed by atoms with Crippen LogP contribution in [0.15, 0.2) is 0 Å². The zero-order valence-corrected chi connectivity index (χ0v) is 11.1. The average molecular weight is 242 g/mol. The Morgan fingerprint density at radius 2 is 2.06 bits per heavy atom. The lowest BCUT2D eigenvalue weighted by Crippen LogP contribution is -2.42. The summed E-state index contributed by atoms with van der Waals surface area (Å²) in [6, 6.07) is 0.239. The molecule has 1 aliphatic rings. The molecular formula is C13H26N2O2. The molecule has 4 nitrogen and oxygen atoms in total. The highest BCUT2D eigenvalue weighted by molar-refractivity contribution is 5.78. The maximum Gasteiger partial charge on any atom is 0.234 e. The van der Waals surface area contributed by atoms with Gasteiger partial charge in [-0.2, -0.15) is 0 Å². The molecule has 1 unspecified atom stereocenters. The van der Waals surface area contributed by atoms with Crippen LogP contribution in [0.5, 0.6) is 0 Å². The lowest BCUT2D eigenvalue weighted by Gasteiger charge is -2.26. The van der Waals surface area contributed by atoms with Crippen molar-refractivity contribution in [1.82, 2.24) is 10.6 Å². The molecular weight excluding hydrogens is 216 g/mol. The number of carbonyl (C=O) groups is 1. The SMILES string of the molecule is CCC(C)NC(=O)CNCC1(CO)CCCC1. The van der Waals surface area contributed by atoms with Crippen molar-refractivity contribution in [1.29, 1.82) is 0 Å². The molecule has 1 amide bonds. The first-order valence-electron chi connectivity index (χ1n) is 6.73. The predicted molar refractivity (Wildman–Crippen MR) is 68.8 cm³/mol. The van der Waals surface area contributed by atoms with Gasteiger partial charge in [0, 0.05) is 24.6 Å². The maximum absolute atomic E-state index is 11.5. The molecule has 1 fully saturated rings. The number of hydrogen-bond acceptors (Lipinski definition) is 3. The van der Waals surface area contributed by atoms with E-state index in [1.807, 2.05) is 6.92 Å². The number of rotatable bonds is 7. The van der Waals surface area contributed by atoms with Crippen LogP contribution in [-0.4, -0.2) is 36.8 Å². The average Bonchev–Trinajstić information content (AvgIpc) is 2.78. The number of aliphatic hydroxyl groups is 1. The van der Waals surface area contributed by atoms with E-state index in [1.54, 1.807) is 0 Å². The fourth-order valence-electron chi connectivity index (χ4n) is 2.38. The topological polar surface area (TPSA) is 61.4 Å². The van der Waals surface area contributed by atoms with E-state index in [4.69, 9.17) is 0 Å². The molecule has 0 aromatic carbocycles. The fraction of sp³-hybridized carbons (Fsp3) is 0.923. The highest BCUT2D eigenvalue weighted by Crippen LogP contribution is 2.36. The van der Waals surface area contributed by atoms with Gasteiger partial charge in [-0.3, -0.25) is 4.79 Å². The molecule has 0 heterocycles. The second-order valence-electron chi connectivity index (χ2n) is 5.35. The normalized spacial score (nSPS) is 20.2. The second kappa shape index (κ2) is 6.97. The predicted octanol–water partition coefficient (Wildman–Crippen LogP) is 1.04. The van der Waals surface area contributed by atoms with Crippen molar-refractivity contribution in [3.8, 4) is 0 Å². The first kappa shape index (κ1) is 14.5. The van der Waals surface area contributed by atoms with Crippen molar-refractivity contribution in [3.05, 3.63) is 0 Å². The minimum atomic E-state index is 0.0245. The van der Waals surface area contributed by atoms with Gasteiger partial charge >= 0.3 is 0 Å². The van der Waals surface area contributed by atoms with Crippen LogP contribution in [0.4, 0.5) is 0 Å². The van der Waals surface area contributed by atoms with Gasteiger partial charge in [-0.1, -0.05) is 19.8 Å². The van der Waals surface area contributed by atoms with Gasteiger partial charge in [-0.15, -0.1) is 0 Å². The monoisotopic (exact) mass is 242 g/mol. The molecule has 1 saturated carbocycles. The Hall–Kier alpha value is -0.610. The van der Waals surface area contributed by atoms with Crippen LogP contribution in [0.1, 0.15) is 46.0 Å². The van der Waals surface area contributed by atoms with E-state index in [0.717, 1.165) is 25.8 Å². The molecule has 4 heteroatoms. The number of amides is 1. The standard InChI is InChI=1S/C13H26N2O2/c1-3-11(2)15-12(17)8-14-9-13(10-16)6-4-5-7-13/h11,14,16H,3-10H2,1-2H3,(H,15,17). The van der Waals surface area contributed by atoms with Crippen LogP contribution in [0.2, 0.25) is 0 Å². The van der Waals surface area contributed by atoms with Gasteiger partial charge in [0.25, 0.3) is 0 Å². The Morgan fingerprint density at radius 1 is 1.41 bits per heavy atom. The summed E-state index contributed by atoms with van der Waals surface area (Å²) in [6.45, 7) is 5.39.